The number of carbonyl (C=O) groups excluding carboxylic acids is 3. The van der Waals surface area contributed by atoms with Crippen LogP contribution in [0.4, 0.5) is 15.8 Å². The summed E-state index contributed by atoms with van der Waals surface area (Å²) in [6, 6.07) is 18.1. The minimum absolute atomic E-state index is 0.0146. The number of carbonyl (C=O) groups is 3. The van der Waals surface area contributed by atoms with Crippen molar-refractivity contribution in [3.05, 3.63) is 83.7 Å². The van der Waals surface area contributed by atoms with Gasteiger partial charge in [-0.1, -0.05) is 30.3 Å². The molecule has 10 heteroatoms. The summed E-state index contributed by atoms with van der Waals surface area (Å²) in [4.78, 5) is 36.3. The van der Waals surface area contributed by atoms with E-state index in [1.54, 1.807) is 37.3 Å². The average Bonchev–Trinajstić information content (AvgIpc) is 2.90. The molecule has 0 saturated heterocycles. The summed E-state index contributed by atoms with van der Waals surface area (Å²) in [6.07, 6.45) is 1.41. The maximum absolute atomic E-state index is 13.7. The number of hydrogen-bond acceptors (Lipinski definition) is 6. The third-order valence-electron chi connectivity index (χ3n) is 5.18. The molecule has 3 N–H and O–H groups in total. The molecule has 9 nitrogen and oxygen atoms in total. The number of nitrogens with one attached hydrogen (secondary N) is 3. The molecule has 38 heavy (non-hydrogen) atoms. The van der Waals surface area contributed by atoms with Crippen LogP contribution in [0.25, 0.3) is 0 Å². The second-order valence-electron chi connectivity index (χ2n) is 8.11. The van der Waals surface area contributed by atoms with Crippen LogP contribution in [0.5, 0.6) is 11.5 Å². The number of hydrogen-bond donors (Lipinski definition) is 3. The molecule has 0 aromatic heterocycles. The Morgan fingerprint density at radius 3 is 2.26 bits per heavy atom. The van der Waals surface area contributed by atoms with Gasteiger partial charge in [0.1, 0.15) is 5.82 Å². The molecule has 198 valence electrons. The topological polar surface area (TPSA) is 118 Å². The zero-order valence-corrected chi connectivity index (χ0v) is 21.1. The van der Waals surface area contributed by atoms with Gasteiger partial charge in [0.15, 0.2) is 18.1 Å². The van der Waals surface area contributed by atoms with Crippen molar-refractivity contribution in [1.82, 2.24) is 5.43 Å². The van der Waals surface area contributed by atoms with E-state index in [1.165, 1.54) is 24.4 Å². The van der Waals surface area contributed by atoms with Gasteiger partial charge in [0, 0.05) is 18.5 Å². The summed E-state index contributed by atoms with van der Waals surface area (Å²) in [5.41, 5.74) is 4.70. The van der Waals surface area contributed by atoms with Crippen molar-refractivity contribution in [3.8, 4) is 11.5 Å². The summed E-state index contributed by atoms with van der Waals surface area (Å²) >= 11 is 0. The Bertz CT molecular complexity index is 1310. The van der Waals surface area contributed by atoms with Crippen molar-refractivity contribution in [2.75, 3.05) is 23.8 Å². The van der Waals surface area contributed by atoms with Gasteiger partial charge >= 0.3 is 0 Å². The summed E-state index contributed by atoms with van der Waals surface area (Å²) in [5, 5.41) is 9.15. The molecular formula is C28H29FN4O5. The monoisotopic (exact) mass is 520 g/mol. The van der Waals surface area contributed by atoms with Gasteiger partial charge in [-0.3, -0.25) is 14.4 Å². The van der Waals surface area contributed by atoms with Gasteiger partial charge in [-0.25, -0.2) is 9.82 Å². The van der Waals surface area contributed by atoms with Crippen molar-refractivity contribution < 1.29 is 28.2 Å². The molecule has 0 aliphatic rings. The Morgan fingerprint density at radius 2 is 1.53 bits per heavy atom. The molecule has 0 heterocycles. The fourth-order valence-corrected chi connectivity index (χ4v) is 3.27. The van der Waals surface area contributed by atoms with Crippen molar-refractivity contribution in [2.24, 2.45) is 5.10 Å². The Balaban J connectivity index is 1.48. The molecule has 3 aromatic rings. The first-order valence-corrected chi connectivity index (χ1v) is 12.0. The summed E-state index contributed by atoms with van der Waals surface area (Å²) < 4.78 is 24.9. The number of amides is 3. The highest BCUT2D eigenvalue weighted by molar-refractivity contribution is 5.94. The summed E-state index contributed by atoms with van der Waals surface area (Å²) in [7, 11) is 0. The quantitative estimate of drug-likeness (QED) is 0.241. The van der Waals surface area contributed by atoms with E-state index in [0.717, 1.165) is 5.56 Å². The first-order valence-electron chi connectivity index (χ1n) is 12.0. The van der Waals surface area contributed by atoms with E-state index in [1.807, 2.05) is 25.1 Å². The molecule has 0 unspecified atom stereocenters. The lowest BCUT2D eigenvalue weighted by Crippen LogP contribution is -2.21. The van der Waals surface area contributed by atoms with Gasteiger partial charge in [0.2, 0.25) is 11.8 Å². The third kappa shape index (κ3) is 8.74. The van der Waals surface area contributed by atoms with E-state index >= 15 is 0 Å². The number of ether oxygens (including phenoxy) is 2. The minimum Gasteiger partial charge on any atom is -0.490 e. The van der Waals surface area contributed by atoms with Crippen molar-refractivity contribution in [2.45, 2.75) is 26.7 Å². The van der Waals surface area contributed by atoms with Crippen LogP contribution < -0.4 is 25.5 Å². The lowest BCUT2D eigenvalue weighted by Gasteiger charge is -2.13. The van der Waals surface area contributed by atoms with Crippen LogP contribution in [0.2, 0.25) is 0 Å². The number of rotatable bonds is 12. The Kier molecular flexibility index (Phi) is 10.3. The highest BCUT2D eigenvalue weighted by Crippen LogP contribution is 2.28. The molecule has 0 saturated carbocycles. The first-order chi connectivity index (χ1) is 18.4. The number of aryl methyl sites for hydroxylation is 1. The number of halogens is 1. The van der Waals surface area contributed by atoms with Crippen LogP contribution in [0, 0.1) is 12.7 Å². The van der Waals surface area contributed by atoms with Crippen molar-refractivity contribution >= 4 is 35.3 Å². The van der Waals surface area contributed by atoms with Crippen LogP contribution in [-0.4, -0.2) is 37.1 Å². The molecule has 0 radical (unpaired) electrons. The second kappa shape index (κ2) is 14.1. The second-order valence-corrected chi connectivity index (χ2v) is 8.11. The average molecular weight is 521 g/mol. The number of hydrazone groups is 1. The van der Waals surface area contributed by atoms with Gasteiger partial charge < -0.3 is 20.1 Å². The van der Waals surface area contributed by atoms with Crippen LogP contribution in [0.15, 0.2) is 71.8 Å². The first kappa shape index (κ1) is 27.9. The normalized spacial score (nSPS) is 10.6. The molecule has 0 fully saturated rings. The summed E-state index contributed by atoms with van der Waals surface area (Å²) in [6.45, 7) is 3.68. The fourth-order valence-electron chi connectivity index (χ4n) is 3.27. The predicted octanol–water partition coefficient (Wildman–Crippen LogP) is 4.42. The minimum atomic E-state index is -0.544. The van der Waals surface area contributed by atoms with E-state index in [4.69, 9.17) is 9.47 Å². The van der Waals surface area contributed by atoms with Gasteiger partial charge in [-0.2, -0.15) is 5.10 Å². The maximum atomic E-state index is 13.7. The standard InChI is InChI=1S/C28H29FN4O5/c1-3-37-25-16-20(12-13-24(25)38-18-28(36)32-23-11-7-5-9-21(23)29)17-30-33-27(35)15-14-26(34)31-22-10-6-4-8-19(22)2/h4-13,16-17H,3,14-15,18H2,1-2H3,(H,31,34)(H,32,36)(H,33,35). The lowest BCUT2D eigenvalue weighted by atomic mass is 10.2. The van der Waals surface area contributed by atoms with Crippen molar-refractivity contribution in [3.63, 3.8) is 0 Å². The highest BCUT2D eigenvalue weighted by atomic mass is 19.1. The van der Waals surface area contributed by atoms with Crippen LogP contribution >= 0.6 is 0 Å². The molecule has 0 aliphatic carbocycles. The predicted molar refractivity (Wildman–Crippen MR) is 143 cm³/mol. The zero-order chi connectivity index (χ0) is 27.3. The number of benzene rings is 3. The summed E-state index contributed by atoms with van der Waals surface area (Å²) in [5.74, 6) is -1.06. The van der Waals surface area contributed by atoms with Crippen LogP contribution in [-0.2, 0) is 14.4 Å². The van der Waals surface area contributed by atoms with E-state index in [2.05, 4.69) is 21.2 Å². The Morgan fingerprint density at radius 1 is 0.842 bits per heavy atom. The molecule has 0 aliphatic heterocycles. The number of anilines is 2. The zero-order valence-electron chi connectivity index (χ0n) is 21.1. The van der Waals surface area contributed by atoms with E-state index in [-0.39, 0.29) is 31.0 Å². The lowest BCUT2D eigenvalue weighted by molar-refractivity contribution is -0.124. The maximum Gasteiger partial charge on any atom is 0.262 e. The molecular weight excluding hydrogens is 491 g/mol. The van der Waals surface area contributed by atoms with Crippen molar-refractivity contribution in [1.29, 1.82) is 0 Å². The molecule has 0 bridgehead atoms. The van der Waals surface area contributed by atoms with E-state index < -0.39 is 17.6 Å². The third-order valence-corrected chi connectivity index (χ3v) is 5.18. The fraction of sp³-hybridized carbons (Fsp3) is 0.214. The largest absolute Gasteiger partial charge is 0.490 e. The van der Waals surface area contributed by atoms with Gasteiger partial charge in [0.05, 0.1) is 18.5 Å². The van der Waals surface area contributed by atoms with E-state index in [9.17, 15) is 18.8 Å². The Hall–Kier alpha value is -4.73. The SMILES string of the molecule is CCOc1cc(C=NNC(=O)CCC(=O)Nc2ccccc2C)ccc1OCC(=O)Nc1ccccc1F. The Labute approximate surface area is 220 Å². The number of para-hydroxylation sites is 2. The smallest absolute Gasteiger partial charge is 0.262 e. The van der Waals surface area contributed by atoms with Crippen LogP contribution in [0.3, 0.4) is 0 Å². The van der Waals surface area contributed by atoms with Gasteiger partial charge in [-0.15, -0.1) is 0 Å². The molecule has 3 aromatic carbocycles. The molecule has 0 spiro atoms. The van der Waals surface area contributed by atoms with E-state index in [0.29, 0.717) is 29.4 Å². The number of nitrogens with zero attached hydrogens (tertiary/aromatic N) is 1. The molecule has 0 atom stereocenters. The van der Waals surface area contributed by atoms with Gasteiger partial charge in [-0.05, 0) is 61.4 Å². The molecule has 3 rings (SSSR count). The van der Waals surface area contributed by atoms with Crippen LogP contribution in [0.1, 0.15) is 30.9 Å². The van der Waals surface area contributed by atoms with Gasteiger partial charge in [0.25, 0.3) is 5.91 Å². The highest BCUT2D eigenvalue weighted by Gasteiger charge is 2.11. The molecule has 3 amide bonds.